The van der Waals surface area contributed by atoms with Gasteiger partial charge in [0.15, 0.2) is 6.10 Å². The number of nitrogens with zero attached hydrogens (tertiary/aromatic N) is 2. The normalized spacial score (nSPS) is 25.7. The molecule has 0 aliphatic carbocycles. The zero-order valence-electron chi connectivity index (χ0n) is 16.2. The van der Waals surface area contributed by atoms with Gasteiger partial charge >= 0.3 is 0 Å². The summed E-state index contributed by atoms with van der Waals surface area (Å²) in [6.07, 6.45) is -0.936. The Morgan fingerprint density at radius 3 is 2.17 bits per heavy atom. The van der Waals surface area contributed by atoms with E-state index in [2.05, 4.69) is 0 Å². The van der Waals surface area contributed by atoms with Crippen molar-refractivity contribution >= 4 is 34.8 Å². The summed E-state index contributed by atoms with van der Waals surface area (Å²) in [6, 6.07) is 25.5. The maximum absolute atomic E-state index is 13.7. The van der Waals surface area contributed by atoms with Crippen molar-refractivity contribution in [2.45, 2.75) is 19.1 Å². The second kappa shape index (κ2) is 6.97. The predicted octanol–water partition coefficient (Wildman–Crippen LogP) is 4.78. The summed E-state index contributed by atoms with van der Waals surface area (Å²) < 4.78 is 0. The summed E-state index contributed by atoms with van der Waals surface area (Å²) in [7, 11) is 0. The number of carbonyl (C=O) groups excluding carboxylic acids is 2. The smallest absolute Gasteiger partial charge is 0.266 e. The van der Waals surface area contributed by atoms with E-state index in [0.717, 1.165) is 11.3 Å². The monoisotopic (exact) mass is 418 g/mol. The minimum atomic E-state index is -1.10. The van der Waals surface area contributed by atoms with Gasteiger partial charge in [0, 0.05) is 5.02 Å². The van der Waals surface area contributed by atoms with E-state index in [4.69, 9.17) is 16.4 Å². The number of halogens is 1. The van der Waals surface area contributed by atoms with Crippen LogP contribution in [0.3, 0.4) is 0 Å². The van der Waals surface area contributed by atoms with E-state index < -0.39 is 17.6 Å². The van der Waals surface area contributed by atoms with E-state index in [1.807, 2.05) is 67.6 Å². The fourth-order valence-electron chi connectivity index (χ4n) is 4.42. The van der Waals surface area contributed by atoms with E-state index in [-0.39, 0.29) is 11.8 Å². The molecule has 2 fully saturated rings. The van der Waals surface area contributed by atoms with Crippen LogP contribution in [0.5, 0.6) is 0 Å². The number of anilines is 2. The largest absolute Gasteiger partial charge is 0.273 e. The topological polar surface area (TPSA) is 49.9 Å². The highest BCUT2D eigenvalue weighted by molar-refractivity contribution is 6.31. The Morgan fingerprint density at radius 2 is 1.50 bits per heavy atom. The molecule has 0 radical (unpaired) electrons. The third kappa shape index (κ3) is 2.66. The van der Waals surface area contributed by atoms with Crippen molar-refractivity contribution in [1.82, 2.24) is 0 Å². The molecule has 3 aromatic rings. The maximum Gasteiger partial charge on any atom is 0.266 e. The Hall–Kier alpha value is -3.15. The van der Waals surface area contributed by atoms with E-state index in [1.54, 1.807) is 29.3 Å². The van der Waals surface area contributed by atoms with E-state index in [9.17, 15) is 9.59 Å². The van der Waals surface area contributed by atoms with Crippen LogP contribution in [0, 0.1) is 5.41 Å². The molecule has 2 heterocycles. The Bertz CT molecular complexity index is 1120. The zero-order valence-corrected chi connectivity index (χ0v) is 17.0. The van der Waals surface area contributed by atoms with Crippen molar-refractivity contribution in [3.05, 3.63) is 95.5 Å². The Morgan fingerprint density at radius 1 is 0.867 bits per heavy atom. The first-order valence-electron chi connectivity index (χ1n) is 9.72. The first-order chi connectivity index (χ1) is 14.5. The van der Waals surface area contributed by atoms with Gasteiger partial charge in [0.2, 0.25) is 5.91 Å². The zero-order chi connectivity index (χ0) is 20.9. The number of benzene rings is 3. The highest BCUT2D eigenvalue weighted by Gasteiger charge is 2.68. The number of hydroxylamine groups is 1. The van der Waals surface area contributed by atoms with Crippen LogP contribution in [-0.2, 0) is 14.4 Å². The van der Waals surface area contributed by atoms with Crippen molar-refractivity contribution in [1.29, 1.82) is 0 Å². The van der Waals surface area contributed by atoms with Crippen molar-refractivity contribution in [2.24, 2.45) is 5.41 Å². The lowest BCUT2D eigenvalue weighted by Gasteiger charge is -2.32. The Labute approximate surface area is 179 Å². The third-order valence-electron chi connectivity index (χ3n) is 5.87. The van der Waals surface area contributed by atoms with Gasteiger partial charge in [-0.15, -0.1) is 0 Å². The summed E-state index contributed by atoms with van der Waals surface area (Å²) >= 11 is 6.11. The molecule has 0 spiro atoms. The lowest BCUT2D eigenvalue weighted by Crippen LogP contribution is -2.41. The van der Waals surface area contributed by atoms with Crippen LogP contribution in [0.15, 0.2) is 84.9 Å². The fourth-order valence-corrected chi connectivity index (χ4v) is 4.61. The standard InChI is InChI=1S/C24H19ClN2O3/c1-24-20(16-9-4-2-5-10-16)27(18-12-6-3-7-13-18)30-21(24)22(28)26(23(24)29)19-14-8-11-17(25)15-19/h2-15,20-21H,1H3/t20-,21+,24-/m0/s1. The van der Waals surface area contributed by atoms with Gasteiger partial charge in [0.05, 0.1) is 17.4 Å². The molecule has 150 valence electrons. The van der Waals surface area contributed by atoms with Gasteiger partial charge in [0.1, 0.15) is 5.41 Å². The van der Waals surface area contributed by atoms with Gasteiger partial charge in [-0.2, -0.15) is 0 Å². The number of carbonyl (C=O) groups is 2. The van der Waals surface area contributed by atoms with Crippen molar-refractivity contribution < 1.29 is 14.4 Å². The molecule has 2 aliphatic heterocycles. The fraction of sp³-hybridized carbons (Fsp3) is 0.167. The average molecular weight is 419 g/mol. The molecule has 5 rings (SSSR count). The molecule has 0 bridgehead atoms. The van der Waals surface area contributed by atoms with Gasteiger partial charge in [-0.1, -0.05) is 66.2 Å². The molecular weight excluding hydrogens is 400 g/mol. The van der Waals surface area contributed by atoms with E-state index in [0.29, 0.717) is 10.7 Å². The molecule has 2 amide bonds. The Kier molecular flexibility index (Phi) is 4.38. The number of amides is 2. The molecule has 0 aromatic heterocycles. The summed E-state index contributed by atoms with van der Waals surface area (Å²) in [5, 5.41) is 2.16. The van der Waals surface area contributed by atoms with Crippen LogP contribution in [0.2, 0.25) is 5.02 Å². The number of fused-ring (bicyclic) bond motifs is 1. The minimum absolute atomic E-state index is 0.299. The van der Waals surface area contributed by atoms with Crippen LogP contribution in [-0.4, -0.2) is 17.9 Å². The van der Waals surface area contributed by atoms with E-state index >= 15 is 0 Å². The molecule has 3 aromatic carbocycles. The average Bonchev–Trinajstić information content (AvgIpc) is 3.18. The Balaban J connectivity index is 1.64. The quantitative estimate of drug-likeness (QED) is 0.574. The number of imide groups is 1. The number of para-hydroxylation sites is 1. The predicted molar refractivity (Wildman–Crippen MR) is 115 cm³/mol. The first-order valence-corrected chi connectivity index (χ1v) is 10.1. The summed E-state index contributed by atoms with van der Waals surface area (Å²) in [6.45, 7) is 1.81. The van der Waals surface area contributed by atoms with E-state index in [1.165, 1.54) is 4.90 Å². The second-order valence-electron chi connectivity index (χ2n) is 7.70. The van der Waals surface area contributed by atoms with Gasteiger partial charge < -0.3 is 0 Å². The molecule has 3 atom stereocenters. The molecule has 6 heteroatoms. The van der Waals surface area contributed by atoms with Crippen molar-refractivity contribution in [3.8, 4) is 0 Å². The molecule has 0 saturated carbocycles. The van der Waals surface area contributed by atoms with Crippen LogP contribution in [0.1, 0.15) is 18.5 Å². The van der Waals surface area contributed by atoms with Crippen LogP contribution in [0.4, 0.5) is 11.4 Å². The van der Waals surface area contributed by atoms with Gasteiger partial charge in [-0.3, -0.25) is 14.4 Å². The van der Waals surface area contributed by atoms with Crippen LogP contribution < -0.4 is 9.96 Å². The SMILES string of the molecule is C[C@@]12C(=O)N(c3cccc(Cl)c3)C(=O)[C@H]1ON(c1ccccc1)[C@H]2c1ccccc1. The maximum atomic E-state index is 13.7. The summed E-state index contributed by atoms with van der Waals surface area (Å²) in [4.78, 5) is 34.5. The second-order valence-corrected chi connectivity index (χ2v) is 8.14. The van der Waals surface area contributed by atoms with Gasteiger partial charge in [-0.05, 0) is 42.8 Å². The summed E-state index contributed by atoms with van der Waals surface area (Å²) in [5.74, 6) is -0.684. The van der Waals surface area contributed by atoms with Crippen molar-refractivity contribution in [3.63, 3.8) is 0 Å². The molecule has 0 unspecified atom stereocenters. The van der Waals surface area contributed by atoms with Gasteiger partial charge in [0.25, 0.3) is 5.91 Å². The van der Waals surface area contributed by atoms with Crippen LogP contribution >= 0.6 is 11.6 Å². The molecule has 5 nitrogen and oxygen atoms in total. The third-order valence-corrected chi connectivity index (χ3v) is 6.10. The minimum Gasteiger partial charge on any atom is -0.273 e. The molecule has 2 aliphatic rings. The molecule has 2 saturated heterocycles. The number of hydrogen-bond acceptors (Lipinski definition) is 4. The number of hydrogen-bond donors (Lipinski definition) is 0. The number of rotatable bonds is 3. The lowest BCUT2D eigenvalue weighted by atomic mass is 9.76. The van der Waals surface area contributed by atoms with Crippen molar-refractivity contribution in [2.75, 3.05) is 9.96 Å². The first kappa shape index (κ1) is 18.9. The highest BCUT2D eigenvalue weighted by atomic mass is 35.5. The molecular formula is C24H19ClN2O3. The summed E-state index contributed by atoms with van der Waals surface area (Å²) in [5.41, 5.74) is 1.04. The lowest BCUT2D eigenvalue weighted by molar-refractivity contribution is -0.128. The van der Waals surface area contributed by atoms with Gasteiger partial charge in [-0.25, -0.2) is 9.96 Å². The molecule has 30 heavy (non-hydrogen) atoms. The highest BCUT2D eigenvalue weighted by Crippen LogP contribution is 2.55. The van der Waals surface area contributed by atoms with Crippen LogP contribution in [0.25, 0.3) is 0 Å². The molecule has 0 N–H and O–H groups in total.